The first-order chi connectivity index (χ1) is 14.4. The predicted molar refractivity (Wildman–Crippen MR) is 107 cm³/mol. The first kappa shape index (κ1) is 18.9. The van der Waals surface area contributed by atoms with E-state index < -0.39 is 11.6 Å². The lowest BCUT2D eigenvalue weighted by atomic mass is 10.3. The van der Waals surface area contributed by atoms with Crippen molar-refractivity contribution in [3.8, 4) is 0 Å². The van der Waals surface area contributed by atoms with Crippen molar-refractivity contribution in [3.63, 3.8) is 0 Å². The molecule has 2 aromatic heterocycles. The normalized spacial score (nSPS) is 11.8. The fourth-order valence-corrected chi connectivity index (χ4v) is 2.51. The van der Waals surface area contributed by atoms with Crippen LogP contribution in [0.25, 0.3) is 5.65 Å². The van der Waals surface area contributed by atoms with Gasteiger partial charge in [0.15, 0.2) is 34.5 Å². The third kappa shape index (κ3) is 3.61. The molecule has 0 aliphatic heterocycles. The number of rotatable bonds is 4. The van der Waals surface area contributed by atoms with E-state index in [2.05, 4.69) is 30.5 Å². The van der Waals surface area contributed by atoms with E-state index in [4.69, 9.17) is 17.2 Å². The number of aromatic nitrogens is 3. The maximum atomic E-state index is 13.0. The van der Waals surface area contributed by atoms with E-state index in [0.717, 1.165) is 0 Å². The van der Waals surface area contributed by atoms with E-state index in [9.17, 15) is 8.78 Å². The molecule has 0 atom stereocenters. The second kappa shape index (κ2) is 7.50. The van der Waals surface area contributed by atoms with Gasteiger partial charge in [-0.15, -0.1) is 15.3 Å². The first-order valence-electron chi connectivity index (χ1n) is 8.50. The van der Waals surface area contributed by atoms with E-state index in [1.807, 2.05) is 0 Å². The van der Waals surface area contributed by atoms with E-state index in [1.165, 1.54) is 53.0 Å². The van der Waals surface area contributed by atoms with Crippen LogP contribution in [-0.2, 0) is 0 Å². The van der Waals surface area contributed by atoms with Crippen LogP contribution in [0.3, 0.4) is 0 Å². The lowest BCUT2D eigenvalue weighted by Crippen LogP contribution is -2.04. The Balaban J connectivity index is 1.72. The summed E-state index contributed by atoms with van der Waals surface area (Å²) in [6.45, 7) is 0. The quantitative estimate of drug-likeness (QED) is 0.421. The number of halogens is 2. The first-order valence-corrected chi connectivity index (χ1v) is 8.50. The third-order valence-electron chi connectivity index (χ3n) is 3.99. The van der Waals surface area contributed by atoms with Crippen LogP contribution >= 0.6 is 0 Å². The molecule has 0 saturated heterocycles. The summed E-state index contributed by atoms with van der Waals surface area (Å²) >= 11 is 0. The summed E-state index contributed by atoms with van der Waals surface area (Å²) in [6, 6.07) is 10.8. The van der Waals surface area contributed by atoms with Crippen molar-refractivity contribution in [3.05, 3.63) is 60.2 Å². The zero-order valence-electron chi connectivity index (χ0n) is 15.2. The Labute approximate surface area is 167 Å². The Morgan fingerprint density at radius 1 is 0.667 bits per heavy atom. The lowest BCUT2D eigenvalue weighted by Gasteiger charge is -2.05. The van der Waals surface area contributed by atoms with Crippen LogP contribution in [0.5, 0.6) is 0 Å². The molecule has 0 bridgehead atoms. The number of nitrogens with zero attached hydrogens (tertiary/aromatic N) is 7. The summed E-state index contributed by atoms with van der Waals surface area (Å²) < 4.78 is 27.2. The molecule has 10 nitrogen and oxygen atoms in total. The van der Waals surface area contributed by atoms with Crippen LogP contribution in [0.1, 0.15) is 0 Å². The van der Waals surface area contributed by atoms with Crippen molar-refractivity contribution in [2.75, 3.05) is 17.2 Å². The summed E-state index contributed by atoms with van der Waals surface area (Å²) in [6.07, 6.45) is 0. The zero-order valence-corrected chi connectivity index (χ0v) is 15.2. The van der Waals surface area contributed by atoms with Crippen molar-refractivity contribution in [2.45, 2.75) is 0 Å². The van der Waals surface area contributed by atoms with Gasteiger partial charge in [-0.1, -0.05) is 0 Å². The van der Waals surface area contributed by atoms with Crippen LogP contribution in [0.15, 0.2) is 69.0 Å². The second-order valence-corrected chi connectivity index (χ2v) is 6.05. The molecule has 0 amide bonds. The smallest absolute Gasteiger partial charge is 0.189 e. The van der Waals surface area contributed by atoms with E-state index in [1.54, 1.807) is 0 Å². The number of anilines is 3. The molecule has 0 aliphatic carbocycles. The molecule has 2 heterocycles. The Morgan fingerprint density at radius 3 is 1.70 bits per heavy atom. The average molecular weight is 408 g/mol. The minimum Gasteiger partial charge on any atom is -0.382 e. The molecule has 4 rings (SSSR count). The summed E-state index contributed by atoms with van der Waals surface area (Å²) in [5.74, 6) is -0.797. The van der Waals surface area contributed by atoms with Gasteiger partial charge in [-0.05, 0) is 48.5 Å². The molecule has 4 aromatic rings. The minimum absolute atomic E-state index is 0.00656. The topological polar surface area (TPSA) is 158 Å². The number of hydrogen-bond acceptors (Lipinski definition) is 9. The van der Waals surface area contributed by atoms with Crippen LogP contribution in [-0.4, -0.2) is 14.6 Å². The monoisotopic (exact) mass is 408 g/mol. The van der Waals surface area contributed by atoms with Gasteiger partial charge >= 0.3 is 0 Å². The zero-order chi connectivity index (χ0) is 21.3. The van der Waals surface area contributed by atoms with E-state index >= 15 is 0 Å². The molecule has 0 saturated carbocycles. The molecule has 12 heteroatoms. The van der Waals surface area contributed by atoms with Gasteiger partial charge in [0.2, 0.25) is 0 Å². The highest BCUT2D eigenvalue weighted by atomic mass is 19.1. The Morgan fingerprint density at radius 2 is 1.17 bits per heavy atom. The molecule has 0 radical (unpaired) electrons. The molecule has 6 N–H and O–H groups in total. The van der Waals surface area contributed by atoms with Crippen molar-refractivity contribution in [2.24, 2.45) is 20.5 Å². The van der Waals surface area contributed by atoms with Crippen LogP contribution in [0, 0.1) is 11.6 Å². The number of benzene rings is 2. The van der Waals surface area contributed by atoms with Crippen molar-refractivity contribution in [1.82, 2.24) is 14.6 Å². The number of hydrogen-bond donors (Lipinski definition) is 3. The molecular formula is C18H14F2N10. The van der Waals surface area contributed by atoms with E-state index in [-0.39, 0.29) is 34.5 Å². The van der Waals surface area contributed by atoms with Gasteiger partial charge in [-0.2, -0.15) is 14.7 Å². The van der Waals surface area contributed by atoms with Gasteiger partial charge in [0.05, 0.1) is 11.4 Å². The fraction of sp³-hybridized carbons (Fsp3) is 0. The highest BCUT2D eigenvalue weighted by Gasteiger charge is 2.18. The summed E-state index contributed by atoms with van der Waals surface area (Å²) in [5, 5.41) is 20.1. The molecule has 150 valence electrons. The van der Waals surface area contributed by atoms with Gasteiger partial charge < -0.3 is 17.2 Å². The van der Waals surface area contributed by atoms with Crippen LogP contribution < -0.4 is 17.2 Å². The fourth-order valence-electron chi connectivity index (χ4n) is 2.51. The Bertz CT molecular complexity index is 1280. The maximum Gasteiger partial charge on any atom is 0.189 e. The number of azo groups is 2. The van der Waals surface area contributed by atoms with Crippen molar-refractivity contribution >= 4 is 45.9 Å². The summed E-state index contributed by atoms with van der Waals surface area (Å²) in [4.78, 5) is 4.20. The van der Waals surface area contributed by atoms with Crippen molar-refractivity contribution in [1.29, 1.82) is 0 Å². The SMILES string of the molecule is Nc1nc2c(N=Nc3ccc(F)cc3)c(N)nn2c(N)c1N=Nc1ccc(F)cc1. The Hall–Kier alpha value is -4.48. The van der Waals surface area contributed by atoms with Gasteiger partial charge in [0.1, 0.15) is 11.6 Å². The molecule has 0 fully saturated rings. The van der Waals surface area contributed by atoms with Crippen LogP contribution in [0.4, 0.5) is 49.0 Å². The molecule has 0 aliphatic rings. The Kier molecular flexibility index (Phi) is 4.72. The van der Waals surface area contributed by atoms with Gasteiger partial charge in [-0.25, -0.2) is 13.8 Å². The standard InChI is InChI=1S/C18H14F2N10/c19-9-1-5-11(6-2-9)25-27-13-15(21)24-18-14(16(22)29-30(18)17(13)23)28-26-12-7-3-10(20)4-8-12/h1-8H,23H2,(H2,21,24)(H2,22,29). The highest BCUT2D eigenvalue weighted by molar-refractivity contribution is 5.83. The minimum atomic E-state index is -0.398. The second-order valence-electron chi connectivity index (χ2n) is 6.05. The number of fused-ring (bicyclic) bond motifs is 1. The lowest BCUT2D eigenvalue weighted by molar-refractivity contribution is 0.627. The predicted octanol–water partition coefficient (Wildman–Crippen LogP) is 4.58. The molecule has 0 unspecified atom stereocenters. The van der Waals surface area contributed by atoms with Gasteiger partial charge in [0, 0.05) is 0 Å². The maximum absolute atomic E-state index is 13.0. The largest absolute Gasteiger partial charge is 0.382 e. The number of nitrogen functional groups attached to an aromatic ring is 3. The highest BCUT2D eigenvalue weighted by Crippen LogP contribution is 2.36. The molecule has 30 heavy (non-hydrogen) atoms. The molecule has 2 aromatic carbocycles. The summed E-state index contributed by atoms with van der Waals surface area (Å²) in [5.41, 5.74) is 19.2. The number of nitrogens with two attached hydrogens (primary N) is 3. The van der Waals surface area contributed by atoms with Gasteiger partial charge in [-0.3, -0.25) is 0 Å². The van der Waals surface area contributed by atoms with E-state index in [0.29, 0.717) is 11.4 Å². The third-order valence-corrected chi connectivity index (χ3v) is 3.99. The molecular weight excluding hydrogens is 394 g/mol. The van der Waals surface area contributed by atoms with Crippen LogP contribution in [0.2, 0.25) is 0 Å². The van der Waals surface area contributed by atoms with Gasteiger partial charge in [0.25, 0.3) is 0 Å². The van der Waals surface area contributed by atoms with Crippen molar-refractivity contribution < 1.29 is 8.78 Å². The molecule has 0 spiro atoms. The average Bonchev–Trinajstić information content (AvgIpc) is 3.04. The summed E-state index contributed by atoms with van der Waals surface area (Å²) in [7, 11) is 0.